The maximum atomic E-state index is 12.0. The zero-order chi connectivity index (χ0) is 16.9. The molecule has 0 saturated carbocycles. The highest BCUT2D eigenvalue weighted by Crippen LogP contribution is 2.18. The smallest absolute Gasteiger partial charge is 0.337 e. The summed E-state index contributed by atoms with van der Waals surface area (Å²) < 4.78 is 10.1. The number of carbonyl (C=O) groups is 2. The quantitative estimate of drug-likeness (QED) is 0.455. The molecule has 0 atom stereocenters. The molecule has 1 N–H and O–H groups in total. The second-order valence-electron chi connectivity index (χ2n) is 4.96. The third kappa shape index (κ3) is 3.33. The fourth-order valence-electron chi connectivity index (χ4n) is 2.14. The summed E-state index contributed by atoms with van der Waals surface area (Å²) in [6.45, 7) is 0. The lowest BCUT2D eigenvalue weighted by atomic mass is 10.1. The summed E-state index contributed by atoms with van der Waals surface area (Å²) in [5.41, 5.74) is 4.22. The maximum Gasteiger partial charge on any atom is 0.337 e. The fourth-order valence-corrected chi connectivity index (χ4v) is 2.14. The first-order valence-corrected chi connectivity index (χ1v) is 7.18. The lowest BCUT2D eigenvalue weighted by Gasteiger charge is -1.99. The predicted molar refractivity (Wildman–Crippen MR) is 89.1 cm³/mol. The van der Waals surface area contributed by atoms with Crippen molar-refractivity contribution in [1.29, 1.82) is 0 Å². The summed E-state index contributed by atoms with van der Waals surface area (Å²) in [5.74, 6) is -0.653. The van der Waals surface area contributed by atoms with Gasteiger partial charge in [0.15, 0.2) is 5.76 Å². The number of nitrogens with zero attached hydrogens (tertiary/aromatic N) is 1. The topological polar surface area (TPSA) is 80.9 Å². The van der Waals surface area contributed by atoms with Gasteiger partial charge >= 0.3 is 11.9 Å². The van der Waals surface area contributed by atoms with Crippen LogP contribution in [0.4, 0.5) is 0 Å². The van der Waals surface area contributed by atoms with E-state index in [4.69, 9.17) is 4.42 Å². The second kappa shape index (κ2) is 6.78. The molecule has 0 aliphatic carbocycles. The Morgan fingerprint density at radius 2 is 1.88 bits per heavy atom. The lowest BCUT2D eigenvalue weighted by molar-refractivity contribution is 0.0600. The van der Waals surface area contributed by atoms with E-state index in [0.717, 1.165) is 10.9 Å². The Morgan fingerprint density at radius 3 is 2.58 bits per heavy atom. The first-order chi connectivity index (χ1) is 11.7. The number of benzene rings is 2. The van der Waals surface area contributed by atoms with E-state index in [-0.39, 0.29) is 5.76 Å². The molecule has 24 heavy (non-hydrogen) atoms. The first-order valence-electron chi connectivity index (χ1n) is 7.18. The van der Waals surface area contributed by atoms with Gasteiger partial charge in [-0.05, 0) is 29.8 Å². The molecule has 1 aromatic heterocycles. The molecule has 1 amide bonds. The second-order valence-corrected chi connectivity index (χ2v) is 4.96. The van der Waals surface area contributed by atoms with Gasteiger partial charge in [0.25, 0.3) is 0 Å². The summed E-state index contributed by atoms with van der Waals surface area (Å²) in [4.78, 5) is 23.3. The number of hydrogen-bond acceptors (Lipinski definition) is 5. The maximum absolute atomic E-state index is 12.0. The number of furan rings is 1. The highest BCUT2D eigenvalue weighted by atomic mass is 16.5. The van der Waals surface area contributed by atoms with Crippen molar-refractivity contribution >= 4 is 29.1 Å². The largest absolute Gasteiger partial charge is 0.465 e. The standard InChI is InChI=1S/C18H14N2O4/c1-23-18(22)13-8-6-12(7-9-13)11-19-20-17(21)16-10-14-4-2-3-5-15(14)24-16/h2-11H,1H3,(H,20,21)/b19-11-. The van der Waals surface area contributed by atoms with E-state index in [1.807, 2.05) is 18.2 Å². The van der Waals surface area contributed by atoms with Crippen LogP contribution in [-0.4, -0.2) is 25.2 Å². The molecular weight excluding hydrogens is 308 g/mol. The van der Waals surface area contributed by atoms with Crippen LogP contribution in [0.15, 0.2) is 64.1 Å². The third-order valence-electron chi connectivity index (χ3n) is 3.36. The van der Waals surface area contributed by atoms with E-state index in [2.05, 4.69) is 15.3 Å². The van der Waals surface area contributed by atoms with Gasteiger partial charge in [0.05, 0.1) is 18.9 Å². The number of hydrogen-bond donors (Lipinski definition) is 1. The van der Waals surface area contributed by atoms with E-state index in [1.165, 1.54) is 13.3 Å². The Balaban J connectivity index is 1.65. The number of rotatable bonds is 4. The van der Waals surface area contributed by atoms with Crippen molar-refractivity contribution in [3.63, 3.8) is 0 Å². The first kappa shape index (κ1) is 15.5. The van der Waals surface area contributed by atoms with Crippen LogP contribution in [-0.2, 0) is 4.74 Å². The van der Waals surface area contributed by atoms with Crippen LogP contribution in [0.2, 0.25) is 0 Å². The lowest BCUT2D eigenvalue weighted by Crippen LogP contribution is -2.16. The average molecular weight is 322 g/mol. The number of ether oxygens (including phenoxy) is 1. The summed E-state index contributed by atoms with van der Waals surface area (Å²) in [6, 6.07) is 15.7. The molecule has 0 unspecified atom stereocenters. The van der Waals surface area contributed by atoms with Gasteiger partial charge < -0.3 is 9.15 Å². The van der Waals surface area contributed by atoms with Gasteiger partial charge in [-0.1, -0.05) is 30.3 Å². The number of esters is 1. The van der Waals surface area contributed by atoms with Crippen molar-refractivity contribution in [1.82, 2.24) is 5.43 Å². The van der Waals surface area contributed by atoms with Crippen molar-refractivity contribution in [3.8, 4) is 0 Å². The van der Waals surface area contributed by atoms with Gasteiger partial charge in [0.2, 0.25) is 0 Å². The van der Waals surface area contributed by atoms with Crippen molar-refractivity contribution in [2.24, 2.45) is 5.10 Å². The van der Waals surface area contributed by atoms with Gasteiger partial charge in [-0.15, -0.1) is 0 Å². The molecule has 3 aromatic rings. The number of methoxy groups -OCH3 is 1. The minimum atomic E-state index is -0.436. The van der Waals surface area contributed by atoms with E-state index < -0.39 is 11.9 Å². The normalized spacial score (nSPS) is 10.9. The minimum Gasteiger partial charge on any atom is -0.465 e. The van der Waals surface area contributed by atoms with Crippen molar-refractivity contribution < 1.29 is 18.7 Å². The molecule has 0 radical (unpaired) electrons. The van der Waals surface area contributed by atoms with Crippen LogP contribution in [0.1, 0.15) is 26.5 Å². The van der Waals surface area contributed by atoms with Crippen molar-refractivity contribution in [2.75, 3.05) is 7.11 Å². The Bertz CT molecular complexity index is 877. The summed E-state index contributed by atoms with van der Waals surface area (Å²) in [7, 11) is 1.32. The molecular formula is C18H14N2O4. The number of para-hydroxylation sites is 1. The number of amides is 1. The Kier molecular flexibility index (Phi) is 4.38. The van der Waals surface area contributed by atoms with Gasteiger partial charge in [-0.25, -0.2) is 10.2 Å². The number of fused-ring (bicyclic) bond motifs is 1. The molecule has 6 nitrogen and oxygen atoms in total. The molecule has 0 aliphatic heterocycles. The van der Waals surface area contributed by atoms with Crippen molar-refractivity contribution in [3.05, 3.63) is 71.5 Å². The Labute approximate surface area is 137 Å². The molecule has 6 heteroatoms. The number of nitrogens with one attached hydrogen (secondary N) is 1. The van der Waals surface area contributed by atoms with Crippen LogP contribution in [0.25, 0.3) is 11.0 Å². The van der Waals surface area contributed by atoms with Gasteiger partial charge in [-0.2, -0.15) is 5.10 Å². The van der Waals surface area contributed by atoms with Gasteiger partial charge in [0, 0.05) is 5.39 Å². The molecule has 0 aliphatic rings. The van der Waals surface area contributed by atoms with E-state index in [0.29, 0.717) is 11.1 Å². The monoisotopic (exact) mass is 322 g/mol. The van der Waals surface area contributed by atoms with Crippen molar-refractivity contribution in [2.45, 2.75) is 0 Å². The highest BCUT2D eigenvalue weighted by molar-refractivity contribution is 5.96. The highest BCUT2D eigenvalue weighted by Gasteiger charge is 2.10. The Hall–Kier alpha value is -3.41. The molecule has 120 valence electrons. The molecule has 1 heterocycles. The van der Waals surface area contributed by atoms with E-state index in [9.17, 15) is 9.59 Å². The zero-order valence-corrected chi connectivity index (χ0v) is 12.9. The summed E-state index contributed by atoms with van der Waals surface area (Å²) in [5, 5.41) is 4.73. The van der Waals surface area contributed by atoms with E-state index in [1.54, 1.807) is 36.4 Å². The predicted octanol–water partition coefficient (Wildman–Crippen LogP) is 2.98. The molecule has 0 spiro atoms. The van der Waals surface area contributed by atoms with Gasteiger partial charge in [-0.3, -0.25) is 4.79 Å². The van der Waals surface area contributed by atoms with Crippen LogP contribution < -0.4 is 5.43 Å². The Morgan fingerprint density at radius 1 is 1.12 bits per heavy atom. The van der Waals surface area contributed by atoms with E-state index >= 15 is 0 Å². The third-order valence-corrected chi connectivity index (χ3v) is 3.36. The molecule has 3 rings (SSSR count). The number of carbonyl (C=O) groups excluding carboxylic acids is 2. The van der Waals surface area contributed by atoms with Crippen LogP contribution in [0.5, 0.6) is 0 Å². The minimum absolute atomic E-state index is 0.189. The average Bonchev–Trinajstić information content (AvgIpc) is 3.06. The zero-order valence-electron chi connectivity index (χ0n) is 12.9. The summed E-state index contributed by atoms with van der Waals surface area (Å²) in [6.07, 6.45) is 1.47. The van der Waals surface area contributed by atoms with Gasteiger partial charge in [0.1, 0.15) is 5.58 Å². The number of hydrazone groups is 1. The van der Waals surface area contributed by atoms with Crippen LogP contribution in [0.3, 0.4) is 0 Å². The fraction of sp³-hybridized carbons (Fsp3) is 0.0556. The molecule has 2 aromatic carbocycles. The molecule has 0 saturated heterocycles. The SMILES string of the molecule is COC(=O)c1ccc(/C=N\NC(=O)c2cc3ccccc3o2)cc1. The van der Waals surface area contributed by atoms with Crippen LogP contribution in [0, 0.1) is 0 Å². The molecule has 0 bridgehead atoms. The van der Waals surface area contributed by atoms with Crippen LogP contribution >= 0.6 is 0 Å². The summed E-state index contributed by atoms with van der Waals surface area (Å²) >= 11 is 0. The molecule has 0 fully saturated rings.